The van der Waals surface area contributed by atoms with Gasteiger partial charge in [-0.1, -0.05) is 24.4 Å². The molecule has 1 aromatic heterocycles. The van der Waals surface area contributed by atoms with E-state index in [1.54, 1.807) is 18.2 Å². The van der Waals surface area contributed by atoms with Gasteiger partial charge in [0, 0.05) is 22.9 Å². The summed E-state index contributed by atoms with van der Waals surface area (Å²) >= 11 is 6.30. The van der Waals surface area contributed by atoms with E-state index in [0.29, 0.717) is 40.4 Å². The smallest absolute Gasteiger partial charge is 0.268 e. The number of H-pyrrole nitrogens is 1. The Morgan fingerprint density at radius 3 is 2.60 bits per heavy atom. The summed E-state index contributed by atoms with van der Waals surface area (Å²) in [6.45, 7) is 3.86. The molecular weight excluding hydrogens is 470 g/mol. The summed E-state index contributed by atoms with van der Waals surface area (Å²) in [6.07, 6.45) is 3.31. The summed E-state index contributed by atoms with van der Waals surface area (Å²) in [4.78, 5) is 41.4. The molecule has 3 amide bonds. The number of aromatic amines is 1. The molecular formula is C25H30ClN5O4. The van der Waals surface area contributed by atoms with Crippen molar-refractivity contribution in [2.45, 2.75) is 63.6 Å². The van der Waals surface area contributed by atoms with Crippen LogP contribution < -0.4 is 20.7 Å². The minimum Gasteiger partial charge on any atom is -0.497 e. The molecule has 1 aromatic carbocycles. The van der Waals surface area contributed by atoms with Gasteiger partial charge < -0.3 is 25.7 Å². The van der Waals surface area contributed by atoms with E-state index in [1.807, 2.05) is 13.8 Å². The van der Waals surface area contributed by atoms with Crippen molar-refractivity contribution in [3.63, 3.8) is 0 Å². The van der Waals surface area contributed by atoms with E-state index in [9.17, 15) is 19.6 Å². The number of fused-ring (bicyclic) bond motifs is 1. The lowest BCUT2D eigenvalue weighted by molar-refractivity contribution is -0.125. The van der Waals surface area contributed by atoms with Gasteiger partial charge in [-0.2, -0.15) is 5.26 Å². The lowest BCUT2D eigenvalue weighted by atomic mass is 9.92. The maximum atomic E-state index is 13.1. The standard InChI is InChI=1S/C25H30ClN5O4/c1-25(2)11-15(22(32)31-25)7-16(12-27)28-23(33)19(6-13-4-5-13)30-24(34)20-9-14-8-17(35-3)10-18(26)21(14)29-20/h8-10,13,15-16,19,29H,4-7,11H2,1-3H3,(H,28,33)(H,30,34)(H,31,32). The van der Waals surface area contributed by atoms with Crippen molar-refractivity contribution >= 4 is 40.2 Å². The predicted octanol–water partition coefficient (Wildman–Crippen LogP) is 3.04. The van der Waals surface area contributed by atoms with Crippen LogP contribution in [0.5, 0.6) is 5.75 Å². The lowest BCUT2D eigenvalue weighted by Crippen LogP contribution is -2.50. The molecule has 10 heteroatoms. The number of nitrogens with zero attached hydrogens (tertiary/aromatic N) is 1. The number of carbonyl (C=O) groups is 3. The molecule has 0 spiro atoms. The van der Waals surface area contributed by atoms with Crippen LogP contribution in [0.4, 0.5) is 0 Å². The number of amides is 3. The first kappa shape index (κ1) is 24.9. The highest BCUT2D eigenvalue weighted by atomic mass is 35.5. The first-order chi connectivity index (χ1) is 16.6. The highest BCUT2D eigenvalue weighted by Crippen LogP contribution is 2.34. The molecule has 1 aliphatic heterocycles. The molecule has 0 bridgehead atoms. The molecule has 4 N–H and O–H groups in total. The quantitative estimate of drug-likeness (QED) is 0.420. The van der Waals surface area contributed by atoms with E-state index >= 15 is 0 Å². The molecule has 3 unspecified atom stereocenters. The van der Waals surface area contributed by atoms with Crippen LogP contribution in [0.25, 0.3) is 10.9 Å². The van der Waals surface area contributed by atoms with Crippen LogP contribution in [-0.2, 0) is 9.59 Å². The Kier molecular flexibility index (Phi) is 6.95. The van der Waals surface area contributed by atoms with Gasteiger partial charge in [-0.05, 0) is 51.2 Å². The van der Waals surface area contributed by atoms with Gasteiger partial charge in [-0.25, -0.2) is 0 Å². The number of hydrogen-bond acceptors (Lipinski definition) is 5. The van der Waals surface area contributed by atoms with Gasteiger partial charge in [0.2, 0.25) is 11.8 Å². The topological polar surface area (TPSA) is 136 Å². The van der Waals surface area contributed by atoms with Gasteiger partial charge >= 0.3 is 0 Å². The van der Waals surface area contributed by atoms with Crippen LogP contribution in [0.3, 0.4) is 0 Å². The Hall–Kier alpha value is -3.25. The average Bonchev–Trinajstić information content (AvgIpc) is 3.43. The number of methoxy groups -OCH3 is 1. The fraction of sp³-hybridized carbons (Fsp3) is 0.520. The Morgan fingerprint density at radius 2 is 2.00 bits per heavy atom. The summed E-state index contributed by atoms with van der Waals surface area (Å²) in [5, 5.41) is 19.2. The first-order valence-electron chi connectivity index (χ1n) is 11.8. The van der Waals surface area contributed by atoms with E-state index in [2.05, 4.69) is 27.0 Å². The molecule has 1 saturated carbocycles. The van der Waals surface area contributed by atoms with E-state index in [4.69, 9.17) is 16.3 Å². The normalized spacial score (nSPS) is 20.5. The van der Waals surface area contributed by atoms with Crippen molar-refractivity contribution in [1.82, 2.24) is 20.9 Å². The second kappa shape index (κ2) is 9.78. The van der Waals surface area contributed by atoms with Crippen LogP contribution in [0.15, 0.2) is 18.2 Å². The number of nitriles is 1. The minimum absolute atomic E-state index is 0.110. The third kappa shape index (κ3) is 5.88. The van der Waals surface area contributed by atoms with E-state index in [-0.39, 0.29) is 29.5 Å². The molecule has 1 aliphatic carbocycles. The Bertz CT molecular complexity index is 1200. The molecule has 2 aliphatic rings. The van der Waals surface area contributed by atoms with E-state index in [1.165, 1.54) is 7.11 Å². The third-order valence-corrected chi connectivity index (χ3v) is 6.90. The second-order valence-electron chi connectivity index (χ2n) is 10.2. The van der Waals surface area contributed by atoms with Gasteiger partial charge in [0.15, 0.2) is 0 Å². The van der Waals surface area contributed by atoms with Crippen LogP contribution in [-0.4, -0.2) is 47.4 Å². The zero-order chi connectivity index (χ0) is 25.3. The molecule has 3 atom stereocenters. The Balaban J connectivity index is 1.45. The Morgan fingerprint density at radius 1 is 1.26 bits per heavy atom. The average molecular weight is 500 g/mol. The lowest BCUT2D eigenvalue weighted by Gasteiger charge is -2.21. The fourth-order valence-corrected chi connectivity index (χ4v) is 4.92. The molecule has 2 fully saturated rings. The van der Waals surface area contributed by atoms with Gasteiger partial charge in [0.1, 0.15) is 23.5 Å². The van der Waals surface area contributed by atoms with E-state index in [0.717, 1.165) is 12.8 Å². The van der Waals surface area contributed by atoms with Crippen molar-refractivity contribution in [2.75, 3.05) is 7.11 Å². The molecule has 2 heterocycles. The number of benzene rings is 1. The number of hydrogen-bond donors (Lipinski definition) is 4. The summed E-state index contributed by atoms with van der Waals surface area (Å²) < 4.78 is 5.23. The molecule has 186 valence electrons. The fourth-order valence-electron chi connectivity index (χ4n) is 4.65. The van der Waals surface area contributed by atoms with Crippen LogP contribution in [0, 0.1) is 23.2 Å². The maximum absolute atomic E-state index is 13.1. The largest absolute Gasteiger partial charge is 0.497 e. The summed E-state index contributed by atoms with van der Waals surface area (Å²) in [7, 11) is 1.54. The van der Waals surface area contributed by atoms with Crippen LogP contribution in [0.2, 0.25) is 5.02 Å². The van der Waals surface area contributed by atoms with Crippen molar-refractivity contribution < 1.29 is 19.1 Å². The maximum Gasteiger partial charge on any atom is 0.268 e. The number of rotatable bonds is 9. The van der Waals surface area contributed by atoms with Gasteiger partial charge in [0.05, 0.1) is 23.7 Å². The van der Waals surface area contributed by atoms with Gasteiger partial charge in [-0.3, -0.25) is 14.4 Å². The minimum atomic E-state index is -0.829. The van der Waals surface area contributed by atoms with Crippen LogP contribution in [0.1, 0.15) is 56.4 Å². The number of aromatic nitrogens is 1. The second-order valence-corrected chi connectivity index (χ2v) is 10.6. The monoisotopic (exact) mass is 499 g/mol. The molecule has 2 aromatic rings. The van der Waals surface area contributed by atoms with Gasteiger partial charge in [-0.15, -0.1) is 0 Å². The van der Waals surface area contributed by atoms with Gasteiger partial charge in [0.25, 0.3) is 5.91 Å². The third-order valence-electron chi connectivity index (χ3n) is 6.60. The summed E-state index contributed by atoms with van der Waals surface area (Å²) in [6, 6.07) is 5.54. The highest BCUT2D eigenvalue weighted by molar-refractivity contribution is 6.35. The molecule has 1 saturated heterocycles. The summed E-state index contributed by atoms with van der Waals surface area (Å²) in [5.41, 5.74) is 0.536. The SMILES string of the molecule is COc1cc(Cl)c2[nH]c(C(=O)NC(CC3CC3)C(=O)NC(C#N)CC3CC(C)(C)NC3=O)cc2c1. The Labute approximate surface area is 208 Å². The van der Waals surface area contributed by atoms with Crippen molar-refractivity contribution in [2.24, 2.45) is 11.8 Å². The predicted molar refractivity (Wildman–Crippen MR) is 131 cm³/mol. The van der Waals surface area contributed by atoms with Crippen molar-refractivity contribution in [3.8, 4) is 11.8 Å². The highest BCUT2D eigenvalue weighted by Gasteiger charge is 2.39. The molecule has 0 radical (unpaired) electrons. The zero-order valence-corrected chi connectivity index (χ0v) is 20.8. The first-order valence-corrected chi connectivity index (χ1v) is 12.2. The number of nitrogens with one attached hydrogen (secondary N) is 4. The van der Waals surface area contributed by atoms with E-state index < -0.39 is 23.9 Å². The van der Waals surface area contributed by atoms with Crippen molar-refractivity contribution in [1.29, 1.82) is 5.26 Å². The number of ether oxygens (including phenoxy) is 1. The van der Waals surface area contributed by atoms with Crippen LogP contribution >= 0.6 is 11.6 Å². The number of halogens is 1. The van der Waals surface area contributed by atoms with Crippen molar-refractivity contribution in [3.05, 3.63) is 28.9 Å². The zero-order valence-electron chi connectivity index (χ0n) is 20.0. The molecule has 9 nitrogen and oxygen atoms in total. The molecule has 4 rings (SSSR count). The molecule has 35 heavy (non-hydrogen) atoms. The summed E-state index contributed by atoms with van der Waals surface area (Å²) in [5.74, 6) is -0.399. The number of carbonyl (C=O) groups excluding carboxylic acids is 3.